The molecule has 0 bridgehead atoms. The van der Waals surface area contributed by atoms with Crippen molar-refractivity contribution in [3.05, 3.63) is 17.5 Å². The van der Waals surface area contributed by atoms with Crippen LogP contribution in [0, 0.1) is 18.8 Å². The van der Waals surface area contributed by atoms with E-state index in [1.165, 1.54) is 25.7 Å². The van der Waals surface area contributed by atoms with Gasteiger partial charge in [-0.3, -0.25) is 9.69 Å². The van der Waals surface area contributed by atoms with Gasteiger partial charge in [-0.2, -0.15) is 0 Å². The third-order valence-electron chi connectivity index (χ3n) is 5.29. The Morgan fingerprint density at radius 1 is 1.30 bits per heavy atom. The van der Waals surface area contributed by atoms with Crippen molar-refractivity contribution < 1.29 is 9.32 Å². The second kappa shape index (κ2) is 7.47. The molecule has 0 radical (unpaired) electrons. The topological polar surface area (TPSA) is 49.6 Å². The standard InChI is InChI=1S/C18H29N3O2/c1-14-4-3-5-16(10-14)12-18(22)21-8-6-20(7-9-21)13-17-11-15(2)19-23-17/h11,14,16H,3-10,12-13H2,1-2H3/t14-,16+/m0/s1. The van der Waals surface area contributed by atoms with E-state index < -0.39 is 0 Å². The molecule has 5 heteroatoms. The van der Waals surface area contributed by atoms with E-state index >= 15 is 0 Å². The number of amides is 1. The van der Waals surface area contributed by atoms with Crippen LogP contribution >= 0.6 is 0 Å². The van der Waals surface area contributed by atoms with Crippen LogP contribution in [0.1, 0.15) is 50.5 Å². The largest absolute Gasteiger partial charge is 0.360 e. The van der Waals surface area contributed by atoms with Gasteiger partial charge in [0, 0.05) is 38.7 Å². The monoisotopic (exact) mass is 319 g/mol. The van der Waals surface area contributed by atoms with Crippen molar-refractivity contribution in [2.75, 3.05) is 26.2 Å². The fourth-order valence-corrected chi connectivity index (χ4v) is 3.99. The molecule has 1 aliphatic heterocycles. The Morgan fingerprint density at radius 2 is 2.09 bits per heavy atom. The fourth-order valence-electron chi connectivity index (χ4n) is 3.99. The molecule has 0 spiro atoms. The Kier molecular flexibility index (Phi) is 5.36. The molecule has 1 aliphatic carbocycles. The van der Waals surface area contributed by atoms with Gasteiger partial charge in [0.25, 0.3) is 0 Å². The van der Waals surface area contributed by atoms with Crippen molar-refractivity contribution >= 4 is 5.91 Å². The van der Waals surface area contributed by atoms with E-state index in [9.17, 15) is 4.79 Å². The molecule has 0 unspecified atom stereocenters. The van der Waals surface area contributed by atoms with Crippen molar-refractivity contribution in [2.24, 2.45) is 11.8 Å². The summed E-state index contributed by atoms with van der Waals surface area (Å²) in [5.74, 6) is 2.68. The molecule has 1 saturated carbocycles. The van der Waals surface area contributed by atoms with Gasteiger partial charge in [-0.15, -0.1) is 0 Å². The highest BCUT2D eigenvalue weighted by atomic mass is 16.5. The van der Waals surface area contributed by atoms with Gasteiger partial charge in [-0.05, 0) is 31.6 Å². The predicted molar refractivity (Wildman–Crippen MR) is 88.8 cm³/mol. The summed E-state index contributed by atoms with van der Waals surface area (Å²) in [6.45, 7) is 8.58. The molecule has 128 valence electrons. The highest BCUT2D eigenvalue weighted by Crippen LogP contribution is 2.31. The van der Waals surface area contributed by atoms with Crippen LogP contribution in [0.4, 0.5) is 0 Å². The lowest BCUT2D eigenvalue weighted by Crippen LogP contribution is -2.48. The Hall–Kier alpha value is -1.36. The lowest BCUT2D eigenvalue weighted by atomic mass is 9.80. The number of carbonyl (C=O) groups is 1. The smallest absolute Gasteiger partial charge is 0.222 e. The molecule has 23 heavy (non-hydrogen) atoms. The van der Waals surface area contributed by atoms with Crippen LogP contribution in [0.15, 0.2) is 10.6 Å². The van der Waals surface area contributed by atoms with Gasteiger partial charge >= 0.3 is 0 Å². The average Bonchev–Trinajstić information content (AvgIpc) is 2.93. The second-order valence-corrected chi connectivity index (χ2v) is 7.43. The summed E-state index contributed by atoms with van der Waals surface area (Å²) in [4.78, 5) is 16.9. The third kappa shape index (κ3) is 4.56. The summed E-state index contributed by atoms with van der Waals surface area (Å²) in [5, 5.41) is 3.93. The summed E-state index contributed by atoms with van der Waals surface area (Å²) in [5.41, 5.74) is 0.926. The molecule has 1 saturated heterocycles. The molecule has 1 amide bonds. The second-order valence-electron chi connectivity index (χ2n) is 7.43. The van der Waals surface area contributed by atoms with Crippen LogP contribution in [0.3, 0.4) is 0 Å². The normalized spacial score (nSPS) is 26.4. The molecule has 0 aromatic carbocycles. The maximum Gasteiger partial charge on any atom is 0.222 e. The lowest BCUT2D eigenvalue weighted by Gasteiger charge is -2.35. The van der Waals surface area contributed by atoms with Crippen molar-refractivity contribution in [3.8, 4) is 0 Å². The number of aromatic nitrogens is 1. The number of hydrogen-bond acceptors (Lipinski definition) is 4. The van der Waals surface area contributed by atoms with E-state index in [1.807, 2.05) is 13.0 Å². The first kappa shape index (κ1) is 16.5. The van der Waals surface area contributed by atoms with Gasteiger partial charge in [0.15, 0.2) is 5.76 Å². The van der Waals surface area contributed by atoms with Crippen LogP contribution in [0.2, 0.25) is 0 Å². The minimum atomic E-state index is 0.360. The Bertz CT molecular complexity index is 520. The first-order chi connectivity index (χ1) is 11.1. The van der Waals surface area contributed by atoms with E-state index in [2.05, 4.69) is 21.9 Å². The van der Waals surface area contributed by atoms with E-state index in [-0.39, 0.29) is 0 Å². The minimum Gasteiger partial charge on any atom is -0.360 e. The molecular weight excluding hydrogens is 290 g/mol. The van der Waals surface area contributed by atoms with Gasteiger partial charge in [-0.25, -0.2) is 0 Å². The molecular formula is C18H29N3O2. The molecule has 2 atom stereocenters. The number of hydrogen-bond donors (Lipinski definition) is 0. The van der Waals surface area contributed by atoms with E-state index in [0.29, 0.717) is 11.8 Å². The maximum atomic E-state index is 12.5. The van der Waals surface area contributed by atoms with Crippen molar-refractivity contribution in [2.45, 2.75) is 52.5 Å². The van der Waals surface area contributed by atoms with Crippen LogP contribution in [0.25, 0.3) is 0 Å². The van der Waals surface area contributed by atoms with E-state index in [4.69, 9.17) is 4.52 Å². The molecule has 5 nitrogen and oxygen atoms in total. The summed E-state index contributed by atoms with van der Waals surface area (Å²) in [7, 11) is 0. The summed E-state index contributed by atoms with van der Waals surface area (Å²) in [6.07, 6.45) is 5.86. The molecule has 2 fully saturated rings. The summed E-state index contributed by atoms with van der Waals surface area (Å²) < 4.78 is 5.28. The molecule has 2 heterocycles. The Labute approximate surface area is 139 Å². The van der Waals surface area contributed by atoms with Gasteiger partial charge in [-0.1, -0.05) is 24.9 Å². The summed E-state index contributed by atoms with van der Waals surface area (Å²) >= 11 is 0. The minimum absolute atomic E-state index is 0.360. The number of carbonyl (C=O) groups excluding carboxylic acids is 1. The number of nitrogens with zero attached hydrogens (tertiary/aromatic N) is 3. The van der Waals surface area contributed by atoms with Gasteiger partial charge < -0.3 is 9.42 Å². The van der Waals surface area contributed by atoms with Crippen molar-refractivity contribution in [1.29, 1.82) is 0 Å². The Morgan fingerprint density at radius 3 is 2.74 bits per heavy atom. The zero-order valence-corrected chi connectivity index (χ0v) is 14.5. The van der Waals surface area contributed by atoms with Crippen molar-refractivity contribution in [1.82, 2.24) is 15.0 Å². The van der Waals surface area contributed by atoms with Gasteiger partial charge in [0.2, 0.25) is 5.91 Å². The highest BCUT2D eigenvalue weighted by molar-refractivity contribution is 5.76. The average molecular weight is 319 g/mol. The third-order valence-corrected chi connectivity index (χ3v) is 5.29. The first-order valence-corrected chi connectivity index (χ1v) is 9.02. The molecule has 0 N–H and O–H groups in total. The molecule has 1 aromatic heterocycles. The van der Waals surface area contributed by atoms with Gasteiger partial charge in [0.1, 0.15) is 0 Å². The molecule has 1 aromatic rings. The molecule has 2 aliphatic rings. The zero-order valence-electron chi connectivity index (χ0n) is 14.5. The number of aryl methyl sites for hydroxylation is 1. The quantitative estimate of drug-likeness (QED) is 0.856. The van der Waals surface area contributed by atoms with E-state index in [0.717, 1.165) is 56.5 Å². The predicted octanol–water partition coefficient (Wildman–Crippen LogP) is 2.84. The van der Waals surface area contributed by atoms with Crippen LogP contribution in [-0.2, 0) is 11.3 Å². The molecule has 3 rings (SSSR count). The Balaban J connectivity index is 1.42. The first-order valence-electron chi connectivity index (χ1n) is 9.02. The lowest BCUT2D eigenvalue weighted by molar-refractivity contribution is -0.134. The van der Waals surface area contributed by atoms with Gasteiger partial charge in [0.05, 0.1) is 12.2 Å². The van der Waals surface area contributed by atoms with Crippen molar-refractivity contribution in [3.63, 3.8) is 0 Å². The number of rotatable bonds is 4. The SMILES string of the molecule is Cc1cc(CN2CCN(C(=O)C[C@@H]3CCC[C@H](C)C3)CC2)on1. The zero-order chi connectivity index (χ0) is 16.2. The van der Waals surface area contributed by atoms with Crippen LogP contribution in [0.5, 0.6) is 0 Å². The summed E-state index contributed by atoms with van der Waals surface area (Å²) in [6, 6.07) is 1.99. The van der Waals surface area contributed by atoms with Crippen LogP contribution < -0.4 is 0 Å². The van der Waals surface area contributed by atoms with Crippen LogP contribution in [-0.4, -0.2) is 47.0 Å². The highest BCUT2D eigenvalue weighted by Gasteiger charge is 2.26. The fraction of sp³-hybridized carbons (Fsp3) is 0.778. The number of piperazine rings is 1. The van der Waals surface area contributed by atoms with E-state index in [1.54, 1.807) is 0 Å². The maximum absolute atomic E-state index is 12.5.